The van der Waals surface area contributed by atoms with Gasteiger partial charge < -0.3 is 5.32 Å². The van der Waals surface area contributed by atoms with Crippen LogP contribution in [0.1, 0.15) is 40.0 Å². The van der Waals surface area contributed by atoms with Gasteiger partial charge in [-0.2, -0.15) is 0 Å². The Kier molecular flexibility index (Phi) is 6.24. The number of rotatable bonds is 8. The van der Waals surface area contributed by atoms with Gasteiger partial charge in [-0.25, -0.2) is 18.1 Å². The summed E-state index contributed by atoms with van der Waals surface area (Å²) in [7, 11) is -3.57. The summed E-state index contributed by atoms with van der Waals surface area (Å²) in [5.74, 6) is 0. The predicted octanol–water partition coefficient (Wildman–Crippen LogP) is 2.37. The largest absolute Gasteiger partial charge is 0.383 e. The molecular weight excluding hydrogens is 262 g/mol. The average Bonchev–Trinajstić information content (AvgIpc) is 2.36. The molecule has 0 saturated heterocycles. The maximum Gasteiger partial charge on any atom is 0.260 e. The summed E-state index contributed by atoms with van der Waals surface area (Å²) >= 11 is 0. The fraction of sp³-hybridized carbons (Fsp3) is 0.615. The third kappa shape index (κ3) is 4.80. The smallest absolute Gasteiger partial charge is 0.260 e. The first-order valence-electron chi connectivity index (χ1n) is 6.72. The Balaban J connectivity index is 2.94. The second-order valence-electron chi connectivity index (χ2n) is 4.59. The molecule has 0 aliphatic rings. The molecule has 1 atom stereocenters. The average molecular weight is 285 g/mol. The summed E-state index contributed by atoms with van der Waals surface area (Å²) in [6.07, 6.45) is 4.17. The van der Waals surface area contributed by atoms with E-state index in [0.29, 0.717) is 5.69 Å². The number of hydrogen-bond donors (Lipinski definition) is 2. The quantitative estimate of drug-likeness (QED) is 0.769. The van der Waals surface area contributed by atoms with Crippen molar-refractivity contribution in [2.24, 2.45) is 0 Å². The van der Waals surface area contributed by atoms with Gasteiger partial charge in [0.1, 0.15) is 0 Å². The van der Waals surface area contributed by atoms with Gasteiger partial charge in [-0.15, -0.1) is 0 Å². The molecule has 0 saturated carbocycles. The summed E-state index contributed by atoms with van der Waals surface area (Å²) in [6.45, 7) is 6.64. The number of nitrogens with zero attached hydrogens (tertiary/aromatic N) is 1. The summed E-state index contributed by atoms with van der Waals surface area (Å²) in [4.78, 5) is 4.00. The van der Waals surface area contributed by atoms with Crippen molar-refractivity contribution >= 4 is 15.7 Å². The second-order valence-corrected chi connectivity index (χ2v) is 6.22. The van der Waals surface area contributed by atoms with Crippen molar-refractivity contribution in [3.05, 3.63) is 18.3 Å². The molecule has 108 valence electrons. The molecule has 6 heteroatoms. The Bertz CT molecular complexity index is 488. The molecule has 1 rings (SSSR count). The van der Waals surface area contributed by atoms with E-state index < -0.39 is 10.0 Å². The second kappa shape index (κ2) is 7.45. The Morgan fingerprint density at radius 3 is 2.68 bits per heavy atom. The molecule has 0 fully saturated rings. The van der Waals surface area contributed by atoms with Crippen LogP contribution in [0.2, 0.25) is 0 Å². The van der Waals surface area contributed by atoms with E-state index >= 15 is 0 Å². The van der Waals surface area contributed by atoms with Gasteiger partial charge in [-0.05, 0) is 31.9 Å². The van der Waals surface area contributed by atoms with Crippen molar-refractivity contribution < 1.29 is 8.42 Å². The van der Waals surface area contributed by atoms with Gasteiger partial charge in [0.05, 0.1) is 5.69 Å². The van der Waals surface area contributed by atoms with Gasteiger partial charge >= 0.3 is 0 Å². The van der Waals surface area contributed by atoms with E-state index in [1.165, 1.54) is 6.20 Å². The molecule has 5 nitrogen and oxygen atoms in total. The molecule has 1 aromatic heterocycles. The highest BCUT2D eigenvalue weighted by molar-refractivity contribution is 7.89. The topological polar surface area (TPSA) is 71.1 Å². The van der Waals surface area contributed by atoms with Crippen LogP contribution in [0.25, 0.3) is 0 Å². The number of sulfonamides is 1. The summed E-state index contributed by atoms with van der Waals surface area (Å²) in [5, 5.41) is 3.17. The van der Waals surface area contributed by atoms with Crippen LogP contribution in [-0.2, 0) is 10.0 Å². The Hall–Kier alpha value is -1.14. The van der Waals surface area contributed by atoms with Crippen LogP contribution in [0.15, 0.2) is 23.4 Å². The van der Waals surface area contributed by atoms with Crippen molar-refractivity contribution in [1.29, 1.82) is 0 Å². The molecule has 0 radical (unpaired) electrons. The van der Waals surface area contributed by atoms with Crippen molar-refractivity contribution in [2.45, 2.75) is 51.1 Å². The minimum atomic E-state index is -3.57. The zero-order chi connectivity index (χ0) is 14.3. The first-order valence-corrected chi connectivity index (χ1v) is 8.20. The Morgan fingerprint density at radius 1 is 1.32 bits per heavy atom. The van der Waals surface area contributed by atoms with Gasteiger partial charge in [0.2, 0.25) is 0 Å². The highest BCUT2D eigenvalue weighted by atomic mass is 32.2. The molecule has 1 unspecified atom stereocenters. The van der Waals surface area contributed by atoms with Gasteiger partial charge in [-0.3, -0.25) is 0 Å². The summed E-state index contributed by atoms with van der Waals surface area (Å²) in [6, 6.07) is 3.38. The highest BCUT2D eigenvalue weighted by Gasteiger charge is 2.21. The number of nitrogens with one attached hydrogen (secondary N) is 2. The van der Waals surface area contributed by atoms with Crippen LogP contribution in [0, 0.1) is 0 Å². The van der Waals surface area contributed by atoms with Gasteiger partial charge in [-0.1, -0.05) is 20.3 Å². The predicted molar refractivity (Wildman–Crippen MR) is 77.7 cm³/mol. The Morgan fingerprint density at radius 2 is 2.05 bits per heavy atom. The number of aromatic nitrogens is 1. The third-order valence-corrected chi connectivity index (χ3v) is 4.22. The number of hydrogen-bond acceptors (Lipinski definition) is 4. The molecule has 1 aromatic rings. The fourth-order valence-electron chi connectivity index (χ4n) is 1.81. The van der Waals surface area contributed by atoms with E-state index in [9.17, 15) is 8.42 Å². The van der Waals surface area contributed by atoms with Gasteiger partial charge in [0, 0.05) is 18.8 Å². The zero-order valence-corrected chi connectivity index (χ0v) is 12.6. The zero-order valence-electron chi connectivity index (χ0n) is 11.8. The fourth-order valence-corrected chi connectivity index (χ4v) is 3.20. The lowest BCUT2D eigenvalue weighted by Gasteiger charge is -2.15. The molecule has 0 aliphatic carbocycles. The van der Waals surface area contributed by atoms with Gasteiger partial charge in [0.25, 0.3) is 10.0 Å². The lowest BCUT2D eigenvalue weighted by Crippen LogP contribution is -2.33. The maximum atomic E-state index is 12.3. The van der Waals surface area contributed by atoms with Crippen LogP contribution in [0.5, 0.6) is 0 Å². The first kappa shape index (κ1) is 15.9. The van der Waals surface area contributed by atoms with E-state index in [2.05, 4.69) is 15.0 Å². The van der Waals surface area contributed by atoms with E-state index in [1.54, 1.807) is 12.1 Å². The summed E-state index contributed by atoms with van der Waals surface area (Å²) < 4.78 is 27.2. The molecule has 0 aliphatic heterocycles. The minimum Gasteiger partial charge on any atom is -0.383 e. The van der Waals surface area contributed by atoms with Gasteiger partial charge in [0.15, 0.2) is 5.03 Å². The SMILES string of the molecule is CCCNc1cccnc1S(=O)(=O)NC(C)CCC. The van der Waals surface area contributed by atoms with E-state index in [0.717, 1.165) is 25.8 Å². The normalized spacial score (nSPS) is 13.2. The van der Waals surface area contributed by atoms with Crippen molar-refractivity contribution in [1.82, 2.24) is 9.71 Å². The monoisotopic (exact) mass is 285 g/mol. The van der Waals surface area contributed by atoms with Crippen molar-refractivity contribution in [3.8, 4) is 0 Å². The molecule has 19 heavy (non-hydrogen) atoms. The van der Waals surface area contributed by atoms with Crippen molar-refractivity contribution in [3.63, 3.8) is 0 Å². The standard InChI is InChI=1S/C13H23N3O2S/c1-4-7-11(3)16-19(17,18)13-12(14-9-5-2)8-6-10-15-13/h6,8,10-11,14,16H,4-5,7,9H2,1-3H3. The minimum absolute atomic E-state index is 0.0754. The lowest BCUT2D eigenvalue weighted by atomic mass is 10.2. The van der Waals surface area contributed by atoms with Crippen LogP contribution in [-0.4, -0.2) is 26.0 Å². The molecule has 0 amide bonds. The van der Waals surface area contributed by atoms with E-state index in [4.69, 9.17) is 0 Å². The highest BCUT2D eigenvalue weighted by Crippen LogP contribution is 2.18. The number of anilines is 1. The lowest BCUT2D eigenvalue weighted by molar-refractivity contribution is 0.541. The van der Waals surface area contributed by atoms with E-state index in [1.807, 2.05) is 20.8 Å². The number of pyridine rings is 1. The molecule has 0 spiro atoms. The molecule has 0 bridgehead atoms. The first-order chi connectivity index (χ1) is 9.01. The van der Waals surface area contributed by atoms with Crippen LogP contribution >= 0.6 is 0 Å². The molecule has 1 heterocycles. The summed E-state index contributed by atoms with van der Waals surface area (Å²) in [5.41, 5.74) is 0.556. The molecule has 2 N–H and O–H groups in total. The van der Waals surface area contributed by atoms with Crippen LogP contribution in [0.3, 0.4) is 0 Å². The maximum absolute atomic E-state index is 12.3. The van der Waals surface area contributed by atoms with E-state index in [-0.39, 0.29) is 11.1 Å². The third-order valence-electron chi connectivity index (χ3n) is 2.67. The molecule has 0 aromatic carbocycles. The molecular formula is C13H23N3O2S. The van der Waals surface area contributed by atoms with Crippen molar-refractivity contribution in [2.75, 3.05) is 11.9 Å². The van der Waals surface area contributed by atoms with Crippen LogP contribution in [0.4, 0.5) is 5.69 Å². The Labute approximate surface area is 115 Å². The van der Waals surface area contributed by atoms with Crippen LogP contribution < -0.4 is 10.0 Å².